The van der Waals surface area contributed by atoms with Crippen LogP contribution in [0.5, 0.6) is 0 Å². The van der Waals surface area contributed by atoms with E-state index in [0.29, 0.717) is 17.7 Å². The maximum absolute atomic E-state index is 12.5. The molecule has 6 heteroatoms. The van der Waals surface area contributed by atoms with Crippen molar-refractivity contribution in [3.63, 3.8) is 0 Å². The average Bonchev–Trinajstić information content (AvgIpc) is 2.81. The third-order valence-corrected chi connectivity index (χ3v) is 4.91. The predicted molar refractivity (Wildman–Crippen MR) is 92.9 cm³/mol. The Bertz CT molecular complexity index is 682. The van der Waals surface area contributed by atoms with Crippen molar-refractivity contribution in [3.05, 3.63) is 41.5 Å². The highest BCUT2D eigenvalue weighted by Gasteiger charge is 2.58. The molecule has 2 heterocycles. The summed E-state index contributed by atoms with van der Waals surface area (Å²) in [5.74, 6) is -1.26. The van der Waals surface area contributed by atoms with Gasteiger partial charge in [-0.1, -0.05) is 13.8 Å². The minimum atomic E-state index is -0.846. The molecular formula is C19H25NO5. The highest BCUT2D eigenvalue weighted by Crippen LogP contribution is 2.52. The van der Waals surface area contributed by atoms with Crippen molar-refractivity contribution < 1.29 is 24.1 Å². The number of aliphatic hydroxyl groups excluding tert-OH is 1. The number of nitrogen functional groups attached to an aromatic ring is 1. The Balaban J connectivity index is 1.82. The van der Waals surface area contributed by atoms with E-state index in [2.05, 4.69) is 13.8 Å². The number of carbonyl (C=O) groups excluding carboxylic acids is 1. The van der Waals surface area contributed by atoms with Gasteiger partial charge < -0.3 is 25.1 Å². The van der Waals surface area contributed by atoms with Crippen LogP contribution in [-0.2, 0) is 14.2 Å². The van der Waals surface area contributed by atoms with Crippen molar-refractivity contribution in [2.24, 2.45) is 5.41 Å². The van der Waals surface area contributed by atoms with E-state index in [4.69, 9.17) is 25.1 Å². The van der Waals surface area contributed by atoms with Crippen LogP contribution in [0.15, 0.2) is 35.9 Å². The van der Waals surface area contributed by atoms with Crippen LogP contribution in [0, 0.1) is 5.41 Å². The molecule has 0 radical (unpaired) electrons. The quantitative estimate of drug-likeness (QED) is 0.482. The number of benzene rings is 1. The first-order valence-corrected chi connectivity index (χ1v) is 8.45. The summed E-state index contributed by atoms with van der Waals surface area (Å²) in [6.45, 7) is 6.17. The molecule has 1 aromatic rings. The monoisotopic (exact) mass is 347 g/mol. The van der Waals surface area contributed by atoms with E-state index >= 15 is 0 Å². The first-order valence-electron chi connectivity index (χ1n) is 8.45. The molecule has 2 aliphatic rings. The Hall–Kier alpha value is -1.89. The molecule has 0 aromatic heterocycles. The summed E-state index contributed by atoms with van der Waals surface area (Å²) in [5.41, 5.74) is 7.32. The zero-order valence-corrected chi connectivity index (χ0v) is 14.8. The molecule has 3 unspecified atom stereocenters. The molecule has 3 atom stereocenters. The number of ether oxygens (including phenoxy) is 3. The van der Waals surface area contributed by atoms with Gasteiger partial charge in [0, 0.05) is 17.5 Å². The van der Waals surface area contributed by atoms with E-state index in [0.717, 1.165) is 5.57 Å². The van der Waals surface area contributed by atoms with Crippen molar-refractivity contribution in [1.29, 1.82) is 0 Å². The number of anilines is 1. The molecule has 1 aromatic carbocycles. The van der Waals surface area contributed by atoms with Crippen molar-refractivity contribution in [2.75, 3.05) is 18.9 Å². The number of hydrogen-bond donors (Lipinski definition) is 2. The lowest BCUT2D eigenvalue weighted by atomic mass is 9.82. The minimum Gasteiger partial charge on any atom is -0.452 e. The number of hydrogen-bond acceptors (Lipinski definition) is 6. The van der Waals surface area contributed by atoms with Crippen molar-refractivity contribution in [2.45, 2.75) is 45.2 Å². The first kappa shape index (κ1) is 17.9. The van der Waals surface area contributed by atoms with Gasteiger partial charge in [-0.2, -0.15) is 0 Å². The molecule has 0 saturated carbocycles. The van der Waals surface area contributed by atoms with Gasteiger partial charge in [0.2, 0.25) is 0 Å². The van der Waals surface area contributed by atoms with Gasteiger partial charge in [-0.05, 0) is 42.8 Å². The zero-order valence-electron chi connectivity index (χ0n) is 14.8. The van der Waals surface area contributed by atoms with Crippen LogP contribution in [0.3, 0.4) is 0 Å². The number of rotatable bonds is 5. The molecule has 136 valence electrons. The number of carbonyl (C=O) groups is 1. The molecule has 3 rings (SSSR count). The van der Waals surface area contributed by atoms with E-state index in [1.807, 2.05) is 13.0 Å². The lowest BCUT2D eigenvalue weighted by Crippen LogP contribution is -2.44. The summed E-state index contributed by atoms with van der Waals surface area (Å²) in [5, 5.41) is 9.08. The molecule has 1 fully saturated rings. The van der Waals surface area contributed by atoms with Gasteiger partial charge >= 0.3 is 5.97 Å². The molecule has 0 amide bonds. The van der Waals surface area contributed by atoms with Gasteiger partial charge in [0.15, 0.2) is 5.79 Å². The van der Waals surface area contributed by atoms with Crippen molar-refractivity contribution >= 4 is 11.7 Å². The topological polar surface area (TPSA) is 91.0 Å². The highest BCUT2D eigenvalue weighted by molar-refractivity contribution is 5.90. The number of nitrogens with two attached hydrogens (primary N) is 1. The van der Waals surface area contributed by atoms with Gasteiger partial charge in [0.25, 0.3) is 0 Å². The van der Waals surface area contributed by atoms with Gasteiger partial charge in [0.1, 0.15) is 12.2 Å². The van der Waals surface area contributed by atoms with E-state index in [-0.39, 0.29) is 24.7 Å². The predicted octanol–water partition coefficient (Wildman–Crippen LogP) is 2.27. The van der Waals surface area contributed by atoms with Gasteiger partial charge in [-0.25, -0.2) is 4.79 Å². The highest BCUT2D eigenvalue weighted by atomic mass is 16.7. The van der Waals surface area contributed by atoms with Crippen molar-refractivity contribution in [3.8, 4) is 0 Å². The number of fused-ring (bicyclic) bond motifs is 2. The van der Waals surface area contributed by atoms with Crippen LogP contribution >= 0.6 is 0 Å². The maximum atomic E-state index is 12.5. The fourth-order valence-electron chi connectivity index (χ4n) is 3.63. The van der Waals surface area contributed by atoms with Crippen molar-refractivity contribution in [1.82, 2.24) is 0 Å². The van der Waals surface area contributed by atoms with Crippen LogP contribution in [0.4, 0.5) is 5.69 Å². The molecule has 3 N–H and O–H groups in total. The smallest absolute Gasteiger partial charge is 0.338 e. The van der Waals surface area contributed by atoms with Crippen LogP contribution in [0.2, 0.25) is 0 Å². The van der Waals surface area contributed by atoms with E-state index in [1.54, 1.807) is 24.3 Å². The zero-order chi connectivity index (χ0) is 18.2. The fourth-order valence-corrected chi connectivity index (χ4v) is 3.63. The summed E-state index contributed by atoms with van der Waals surface area (Å²) < 4.78 is 17.7. The summed E-state index contributed by atoms with van der Waals surface area (Å²) >= 11 is 0. The second kappa shape index (κ2) is 6.44. The molecule has 2 aliphatic heterocycles. The van der Waals surface area contributed by atoms with E-state index < -0.39 is 17.9 Å². The van der Waals surface area contributed by atoms with Crippen LogP contribution in [0.25, 0.3) is 0 Å². The van der Waals surface area contributed by atoms with Gasteiger partial charge in [-0.15, -0.1) is 0 Å². The Morgan fingerprint density at radius 2 is 2.04 bits per heavy atom. The summed E-state index contributed by atoms with van der Waals surface area (Å²) in [7, 11) is 0. The van der Waals surface area contributed by atoms with Crippen LogP contribution < -0.4 is 5.73 Å². The summed E-state index contributed by atoms with van der Waals surface area (Å²) in [6, 6.07) is 6.63. The number of esters is 1. The second-order valence-corrected chi connectivity index (χ2v) is 7.37. The van der Waals surface area contributed by atoms with Gasteiger partial charge in [0.05, 0.1) is 18.8 Å². The molecular weight excluding hydrogens is 322 g/mol. The second-order valence-electron chi connectivity index (χ2n) is 7.37. The normalized spacial score (nSPS) is 30.0. The third-order valence-electron chi connectivity index (χ3n) is 4.91. The Morgan fingerprint density at radius 3 is 2.68 bits per heavy atom. The minimum absolute atomic E-state index is 0.0704. The molecule has 25 heavy (non-hydrogen) atoms. The van der Waals surface area contributed by atoms with E-state index in [1.165, 1.54) is 0 Å². The lowest BCUT2D eigenvalue weighted by Gasteiger charge is -2.36. The largest absolute Gasteiger partial charge is 0.452 e. The van der Waals surface area contributed by atoms with Crippen LogP contribution in [-0.4, -0.2) is 42.3 Å². The molecule has 1 saturated heterocycles. The standard InChI is InChI=1S/C19H25NO5/c1-12-10-15(24-17(22)13-4-6-14(20)7-5-13)16-18(2,3)11-19(12,25-16)23-9-8-21/h4-7,10,15-16,21H,8-9,11,20H2,1-3H3. The van der Waals surface area contributed by atoms with E-state index in [9.17, 15) is 4.79 Å². The Labute approximate surface area is 147 Å². The molecule has 6 nitrogen and oxygen atoms in total. The lowest BCUT2D eigenvalue weighted by molar-refractivity contribution is -0.224. The first-order chi connectivity index (χ1) is 11.8. The SMILES string of the molecule is CC1=CC(OC(=O)c2ccc(N)cc2)C2OC1(OCCO)CC2(C)C. The Morgan fingerprint density at radius 1 is 1.36 bits per heavy atom. The molecule has 0 spiro atoms. The number of aliphatic hydroxyl groups is 1. The third kappa shape index (κ3) is 3.29. The maximum Gasteiger partial charge on any atom is 0.338 e. The Kier molecular flexibility index (Phi) is 4.62. The summed E-state index contributed by atoms with van der Waals surface area (Å²) in [6.07, 6.45) is 1.74. The fraction of sp³-hybridized carbons (Fsp3) is 0.526. The molecule has 2 bridgehead atoms. The molecule has 0 aliphatic carbocycles. The average molecular weight is 347 g/mol. The van der Waals surface area contributed by atoms with Crippen LogP contribution in [0.1, 0.15) is 37.6 Å². The van der Waals surface area contributed by atoms with Gasteiger partial charge in [-0.3, -0.25) is 0 Å². The summed E-state index contributed by atoms with van der Waals surface area (Å²) in [4.78, 5) is 12.5.